The van der Waals surface area contributed by atoms with E-state index in [0.29, 0.717) is 0 Å². The van der Waals surface area contributed by atoms with Gasteiger partial charge < -0.3 is 0 Å². The van der Waals surface area contributed by atoms with Gasteiger partial charge in [-0.25, -0.2) is 0 Å². The molecule has 2 N–H and O–H groups in total. The van der Waals surface area contributed by atoms with E-state index in [-0.39, 0.29) is 5.56 Å². The van der Waals surface area contributed by atoms with Gasteiger partial charge in [0.1, 0.15) is 0 Å². The van der Waals surface area contributed by atoms with Gasteiger partial charge in [0, 0.05) is 11.6 Å². The first kappa shape index (κ1) is 9.77. The fraction of sp³-hybridized carbons (Fsp3) is 0.250. The van der Waals surface area contributed by atoms with Crippen LogP contribution in [-0.4, -0.2) is 10.2 Å². The van der Waals surface area contributed by atoms with Crippen molar-refractivity contribution in [1.29, 1.82) is 0 Å². The third kappa shape index (κ3) is 1.73. The molecule has 0 saturated heterocycles. The summed E-state index contributed by atoms with van der Waals surface area (Å²) in [5.74, 6) is 0. The van der Waals surface area contributed by atoms with E-state index in [0.717, 1.165) is 11.3 Å². The van der Waals surface area contributed by atoms with Gasteiger partial charge in [-0.1, -0.05) is 6.07 Å². The first-order valence-corrected chi connectivity index (χ1v) is 4.94. The van der Waals surface area contributed by atoms with Crippen LogP contribution in [0.25, 0.3) is 11.3 Å². The maximum Gasteiger partial charge on any atom is 0.264 e. The summed E-state index contributed by atoms with van der Waals surface area (Å²) in [6.07, 6.45) is 0. The van der Waals surface area contributed by atoms with E-state index >= 15 is 0 Å². The number of hydrogen-bond donors (Lipinski definition) is 2. The number of H-pyrrole nitrogens is 2. The molecule has 0 aliphatic heterocycles. The molecule has 78 valence electrons. The third-order valence-corrected chi connectivity index (χ3v) is 2.73. The van der Waals surface area contributed by atoms with Crippen molar-refractivity contribution in [3.05, 3.63) is 45.2 Å². The van der Waals surface area contributed by atoms with E-state index in [1.54, 1.807) is 6.07 Å². The number of aromatic amines is 2. The summed E-state index contributed by atoms with van der Waals surface area (Å²) in [7, 11) is 0. The summed E-state index contributed by atoms with van der Waals surface area (Å²) < 4.78 is 0. The molecular weight excluding hydrogens is 188 g/mol. The third-order valence-electron chi connectivity index (χ3n) is 2.73. The van der Waals surface area contributed by atoms with Gasteiger partial charge in [-0.2, -0.15) is 0 Å². The fourth-order valence-corrected chi connectivity index (χ4v) is 1.73. The maximum absolute atomic E-state index is 11.0. The minimum absolute atomic E-state index is 0.0948. The molecule has 3 nitrogen and oxygen atoms in total. The Labute approximate surface area is 88.1 Å². The number of aromatic nitrogens is 2. The van der Waals surface area contributed by atoms with Gasteiger partial charge in [-0.15, -0.1) is 0 Å². The van der Waals surface area contributed by atoms with Gasteiger partial charge in [-0.3, -0.25) is 15.0 Å². The smallest absolute Gasteiger partial charge is 0.264 e. The van der Waals surface area contributed by atoms with Crippen LogP contribution >= 0.6 is 0 Å². The van der Waals surface area contributed by atoms with Gasteiger partial charge >= 0.3 is 0 Å². The van der Waals surface area contributed by atoms with Crippen molar-refractivity contribution in [2.24, 2.45) is 0 Å². The monoisotopic (exact) mass is 202 g/mol. The van der Waals surface area contributed by atoms with Crippen LogP contribution in [0.2, 0.25) is 0 Å². The molecule has 3 heteroatoms. The SMILES string of the molecule is Cc1cc(C)c(-c2cc(=O)[nH][nH]2)cc1C. The molecular formula is C12H14N2O. The number of hydrogen-bond acceptors (Lipinski definition) is 1. The van der Waals surface area contributed by atoms with E-state index in [2.05, 4.69) is 36.2 Å². The zero-order valence-corrected chi connectivity index (χ0v) is 9.14. The lowest BCUT2D eigenvalue weighted by Gasteiger charge is -2.07. The summed E-state index contributed by atoms with van der Waals surface area (Å²) in [6.45, 7) is 6.21. The minimum Gasteiger partial charge on any atom is -0.298 e. The van der Waals surface area contributed by atoms with Crippen molar-refractivity contribution >= 4 is 0 Å². The highest BCUT2D eigenvalue weighted by Gasteiger charge is 2.06. The summed E-state index contributed by atoms with van der Waals surface area (Å²) >= 11 is 0. The van der Waals surface area contributed by atoms with Crippen molar-refractivity contribution in [2.75, 3.05) is 0 Å². The lowest BCUT2D eigenvalue weighted by atomic mass is 9.99. The second-order valence-corrected chi connectivity index (χ2v) is 3.92. The molecule has 1 heterocycles. The van der Waals surface area contributed by atoms with E-state index in [1.807, 2.05) is 6.92 Å². The average Bonchev–Trinajstić information content (AvgIpc) is 2.58. The van der Waals surface area contributed by atoms with E-state index in [1.165, 1.54) is 16.7 Å². The highest BCUT2D eigenvalue weighted by Crippen LogP contribution is 2.23. The van der Waals surface area contributed by atoms with Crippen LogP contribution < -0.4 is 5.56 Å². The molecule has 0 unspecified atom stereocenters. The molecule has 0 amide bonds. The molecule has 15 heavy (non-hydrogen) atoms. The quantitative estimate of drug-likeness (QED) is 0.732. The van der Waals surface area contributed by atoms with Crippen LogP contribution in [0.3, 0.4) is 0 Å². The second kappa shape index (κ2) is 3.42. The predicted molar refractivity (Wildman–Crippen MR) is 61.1 cm³/mol. The highest BCUT2D eigenvalue weighted by molar-refractivity contribution is 5.64. The zero-order chi connectivity index (χ0) is 11.0. The average molecular weight is 202 g/mol. The number of rotatable bonds is 1. The molecule has 2 rings (SSSR count). The van der Waals surface area contributed by atoms with Gasteiger partial charge in [0.2, 0.25) is 0 Å². The van der Waals surface area contributed by atoms with Gasteiger partial charge in [-0.05, 0) is 43.5 Å². The molecule has 0 fully saturated rings. The van der Waals surface area contributed by atoms with Crippen LogP contribution in [0, 0.1) is 20.8 Å². The lowest BCUT2D eigenvalue weighted by Crippen LogP contribution is -1.93. The van der Waals surface area contributed by atoms with Crippen molar-refractivity contribution in [1.82, 2.24) is 10.2 Å². The Morgan fingerprint density at radius 3 is 2.13 bits per heavy atom. The standard InChI is InChI=1S/C12H14N2O/c1-7-4-9(3)10(5-8(7)2)11-6-12(15)14-13-11/h4-6H,1-3H3,(H2,13,14,15). The summed E-state index contributed by atoms with van der Waals surface area (Å²) in [6, 6.07) is 5.82. The van der Waals surface area contributed by atoms with Crippen LogP contribution in [-0.2, 0) is 0 Å². The Morgan fingerprint density at radius 1 is 0.867 bits per heavy atom. The van der Waals surface area contributed by atoms with Crippen LogP contribution in [0.15, 0.2) is 23.0 Å². The topological polar surface area (TPSA) is 48.6 Å². The summed E-state index contributed by atoms with van der Waals surface area (Å²) in [5, 5.41) is 5.42. The van der Waals surface area contributed by atoms with Crippen LogP contribution in [0.5, 0.6) is 0 Å². The predicted octanol–water partition coefficient (Wildman–Crippen LogP) is 2.30. The first-order valence-electron chi connectivity index (χ1n) is 4.94. The maximum atomic E-state index is 11.0. The van der Waals surface area contributed by atoms with E-state index in [4.69, 9.17) is 0 Å². The lowest BCUT2D eigenvalue weighted by molar-refractivity contribution is 1.06. The summed E-state index contributed by atoms with van der Waals surface area (Å²) in [5.41, 5.74) is 5.51. The van der Waals surface area contributed by atoms with Crippen molar-refractivity contribution in [3.63, 3.8) is 0 Å². The molecule has 1 aromatic carbocycles. The summed E-state index contributed by atoms with van der Waals surface area (Å²) in [4.78, 5) is 11.0. The molecule has 2 aromatic rings. The molecule has 0 radical (unpaired) electrons. The number of benzene rings is 1. The fourth-order valence-electron chi connectivity index (χ4n) is 1.73. The van der Waals surface area contributed by atoms with Crippen molar-refractivity contribution < 1.29 is 0 Å². The van der Waals surface area contributed by atoms with Crippen molar-refractivity contribution in [3.8, 4) is 11.3 Å². The van der Waals surface area contributed by atoms with E-state index in [9.17, 15) is 4.79 Å². The second-order valence-electron chi connectivity index (χ2n) is 3.92. The zero-order valence-electron chi connectivity index (χ0n) is 9.14. The molecule has 0 bridgehead atoms. The van der Waals surface area contributed by atoms with Crippen LogP contribution in [0.4, 0.5) is 0 Å². The van der Waals surface area contributed by atoms with Crippen LogP contribution in [0.1, 0.15) is 16.7 Å². The number of nitrogens with one attached hydrogen (secondary N) is 2. The Morgan fingerprint density at radius 2 is 1.53 bits per heavy atom. The number of aryl methyl sites for hydroxylation is 3. The van der Waals surface area contributed by atoms with Crippen molar-refractivity contribution in [2.45, 2.75) is 20.8 Å². The molecule has 0 spiro atoms. The van der Waals surface area contributed by atoms with Gasteiger partial charge in [0.25, 0.3) is 5.56 Å². The highest BCUT2D eigenvalue weighted by atomic mass is 16.1. The molecule has 0 aliphatic carbocycles. The Hall–Kier alpha value is -1.77. The first-order chi connectivity index (χ1) is 7.08. The largest absolute Gasteiger partial charge is 0.298 e. The molecule has 0 aliphatic rings. The Kier molecular flexibility index (Phi) is 2.23. The normalized spacial score (nSPS) is 10.6. The molecule has 0 saturated carbocycles. The molecule has 0 atom stereocenters. The molecule has 1 aromatic heterocycles. The van der Waals surface area contributed by atoms with Gasteiger partial charge in [0.15, 0.2) is 0 Å². The Bertz CT molecular complexity index is 549. The minimum atomic E-state index is -0.0948. The van der Waals surface area contributed by atoms with Gasteiger partial charge in [0.05, 0.1) is 5.69 Å². The Balaban J connectivity index is 2.63. The van der Waals surface area contributed by atoms with E-state index < -0.39 is 0 Å².